The van der Waals surface area contributed by atoms with Gasteiger partial charge in [-0.3, -0.25) is 4.79 Å². The van der Waals surface area contributed by atoms with Crippen molar-refractivity contribution >= 4 is 43.5 Å². The first-order chi connectivity index (χ1) is 16.0. The predicted octanol–water partition coefficient (Wildman–Crippen LogP) is 3.16. The highest BCUT2D eigenvalue weighted by atomic mass is 32.2. The van der Waals surface area contributed by atoms with E-state index in [4.69, 9.17) is 10.5 Å². The molecule has 0 spiro atoms. The third kappa shape index (κ3) is 4.54. The zero-order valence-electron chi connectivity index (χ0n) is 18.9. The Bertz CT molecular complexity index is 1510. The van der Waals surface area contributed by atoms with Crippen molar-refractivity contribution in [2.24, 2.45) is 0 Å². The number of sulfonamides is 1. The third-order valence-corrected chi connectivity index (χ3v) is 6.69. The summed E-state index contributed by atoms with van der Waals surface area (Å²) in [6, 6.07) is 12.0. The van der Waals surface area contributed by atoms with E-state index in [2.05, 4.69) is 24.0 Å². The van der Waals surface area contributed by atoms with Gasteiger partial charge in [-0.2, -0.15) is 17.8 Å². The Morgan fingerprint density at radius 2 is 1.82 bits per heavy atom. The molecule has 4 rings (SSSR count). The zero-order valence-corrected chi connectivity index (χ0v) is 20.5. The van der Waals surface area contributed by atoms with Crippen LogP contribution in [-0.4, -0.2) is 40.8 Å². The molecule has 0 aliphatic heterocycles. The summed E-state index contributed by atoms with van der Waals surface area (Å²) in [6.07, 6.45) is 0. The maximum Gasteiger partial charge on any atom is 0.285 e. The minimum absolute atomic E-state index is 0.0533. The van der Waals surface area contributed by atoms with Crippen LogP contribution >= 0.6 is 11.5 Å². The number of carbonyl (C=O) groups excluding carboxylic acids is 1. The fourth-order valence-electron chi connectivity index (χ4n) is 3.20. The molecule has 1 aromatic carbocycles. The second kappa shape index (κ2) is 8.61. The smallest absolute Gasteiger partial charge is 0.285 e. The number of aromatic nitrogens is 4. The van der Waals surface area contributed by atoms with Gasteiger partial charge in [-0.25, -0.2) is 14.7 Å². The van der Waals surface area contributed by atoms with E-state index in [1.165, 1.54) is 13.2 Å². The van der Waals surface area contributed by atoms with Crippen molar-refractivity contribution < 1.29 is 17.9 Å². The second-order valence-corrected chi connectivity index (χ2v) is 10.8. The molecular formula is C22H22N6O4S2. The Morgan fingerprint density at radius 3 is 2.47 bits per heavy atom. The van der Waals surface area contributed by atoms with Gasteiger partial charge in [-0.05, 0) is 18.2 Å². The fourth-order valence-corrected chi connectivity index (χ4v) is 4.75. The molecule has 3 heterocycles. The third-order valence-electron chi connectivity index (χ3n) is 4.91. The molecule has 10 nitrogen and oxygen atoms in total. The maximum atomic E-state index is 13.4. The van der Waals surface area contributed by atoms with Gasteiger partial charge in [0, 0.05) is 28.0 Å². The minimum Gasteiger partial charge on any atom is -0.493 e. The van der Waals surface area contributed by atoms with E-state index in [1.54, 1.807) is 24.3 Å². The molecule has 0 radical (unpaired) electrons. The lowest BCUT2D eigenvalue weighted by atomic mass is 9.90. The Morgan fingerprint density at radius 1 is 1.09 bits per heavy atom. The number of benzene rings is 1. The molecule has 0 unspecified atom stereocenters. The highest BCUT2D eigenvalue weighted by molar-refractivity contribution is 7.90. The second-order valence-electron chi connectivity index (χ2n) is 8.42. The van der Waals surface area contributed by atoms with E-state index >= 15 is 0 Å². The largest absolute Gasteiger partial charge is 0.493 e. The van der Waals surface area contributed by atoms with Crippen molar-refractivity contribution in [2.75, 3.05) is 12.8 Å². The van der Waals surface area contributed by atoms with Crippen LogP contribution in [0.15, 0.2) is 47.5 Å². The van der Waals surface area contributed by atoms with Gasteiger partial charge < -0.3 is 10.5 Å². The van der Waals surface area contributed by atoms with Gasteiger partial charge in [0.15, 0.2) is 16.7 Å². The number of nitrogens with zero attached hydrogens (tertiary/aromatic N) is 4. The van der Waals surface area contributed by atoms with Crippen LogP contribution in [0.25, 0.3) is 22.3 Å². The lowest BCUT2D eigenvalue weighted by Crippen LogP contribution is -2.32. The Labute approximate surface area is 200 Å². The number of pyridine rings is 2. The average Bonchev–Trinajstić information content (AvgIpc) is 3.23. The van der Waals surface area contributed by atoms with E-state index in [0.717, 1.165) is 16.9 Å². The number of nitrogens with two attached hydrogens (primary N) is 1. The molecule has 0 saturated carbocycles. The first-order valence-electron chi connectivity index (χ1n) is 10.1. The van der Waals surface area contributed by atoms with Crippen LogP contribution in [-0.2, 0) is 15.4 Å². The standard InChI is InChI=1S/C22H22N6O4S2/c1-22(2,3)16-11-13(18-26-21(23)33-27-18)17(32-4)20(25-16)34(30,31)28-19(29)15-10-9-12-7-5-6-8-14(12)24-15/h5-11H,1-4H3,(H,28,29)(H2,23,26,27). The number of methoxy groups -OCH3 is 1. The molecule has 3 N–H and O–H groups in total. The van der Waals surface area contributed by atoms with Gasteiger partial charge in [-0.15, -0.1) is 0 Å². The number of hydrogen-bond acceptors (Lipinski definition) is 10. The summed E-state index contributed by atoms with van der Waals surface area (Å²) in [7, 11) is -3.16. The molecule has 0 fully saturated rings. The van der Waals surface area contributed by atoms with Crippen LogP contribution in [0.5, 0.6) is 5.75 Å². The molecule has 176 valence electrons. The Kier molecular flexibility index (Phi) is 5.96. The lowest BCUT2D eigenvalue weighted by Gasteiger charge is -2.21. The molecule has 1 amide bonds. The molecular weight excluding hydrogens is 476 g/mol. The SMILES string of the molecule is COc1c(-c2nsc(N)n2)cc(C(C)(C)C)nc1S(=O)(=O)NC(=O)c1ccc2ccccc2n1. The summed E-state index contributed by atoms with van der Waals surface area (Å²) >= 11 is 0.967. The van der Waals surface area contributed by atoms with Gasteiger partial charge in [0.1, 0.15) is 5.69 Å². The molecule has 0 aliphatic rings. The Hall–Kier alpha value is -3.64. The van der Waals surface area contributed by atoms with E-state index in [0.29, 0.717) is 16.8 Å². The number of anilines is 1. The number of carbonyl (C=O) groups is 1. The summed E-state index contributed by atoms with van der Waals surface area (Å²) in [6.45, 7) is 5.63. The first-order valence-corrected chi connectivity index (χ1v) is 12.4. The Balaban J connectivity index is 1.81. The predicted molar refractivity (Wildman–Crippen MR) is 129 cm³/mol. The molecule has 4 aromatic rings. The van der Waals surface area contributed by atoms with Crippen LogP contribution in [0.3, 0.4) is 0 Å². The van der Waals surface area contributed by atoms with E-state index in [1.807, 2.05) is 32.9 Å². The summed E-state index contributed by atoms with van der Waals surface area (Å²) in [5.41, 5.74) is 6.45. The van der Waals surface area contributed by atoms with Crippen LogP contribution in [0.4, 0.5) is 5.13 Å². The van der Waals surface area contributed by atoms with Gasteiger partial charge in [-0.1, -0.05) is 45.0 Å². The van der Waals surface area contributed by atoms with E-state index < -0.39 is 26.4 Å². The maximum absolute atomic E-state index is 13.4. The monoisotopic (exact) mass is 498 g/mol. The van der Waals surface area contributed by atoms with Crippen molar-refractivity contribution in [1.29, 1.82) is 0 Å². The molecule has 0 bridgehead atoms. The number of nitrogen functional groups attached to an aromatic ring is 1. The molecule has 12 heteroatoms. The normalized spacial score (nSPS) is 12.0. The van der Waals surface area contributed by atoms with Gasteiger partial charge in [0.2, 0.25) is 5.03 Å². The number of fused-ring (bicyclic) bond motifs is 1. The number of rotatable bonds is 5. The molecule has 0 aliphatic carbocycles. The van der Waals surface area contributed by atoms with Gasteiger partial charge in [0.05, 0.1) is 18.2 Å². The number of nitrogens with one attached hydrogen (secondary N) is 1. The van der Waals surface area contributed by atoms with Crippen molar-refractivity contribution in [3.05, 3.63) is 53.9 Å². The zero-order chi connectivity index (χ0) is 24.7. The number of amides is 1. The van der Waals surface area contributed by atoms with Crippen LogP contribution in [0.2, 0.25) is 0 Å². The topological polar surface area (TPSA) is 150 Å². The van der Waals surface area contributed by atoms with Crippen LogP contribution in [0, 0.1) is 0 Å². The first kappa shape index (κ1) is 23.5. The number of para-hydroxylation sites is 1. The summed E-state index contributed by atoms with van der Waals surface area (Å²) in [5, 5.41) is 0.578. The highest BCUT2D eigenvalue weighted by Gasteiger charge is 2.31. The van der Waals surface area contributed by atoms with Crippen molar-refractivity contribution in [3.63, 3.8) is 0 Å². The minimum atomic E-state index is -4.47. The quantitative estimate of drug-likeness (QED) is 0.423. The van der Waals surface area contributed by atoms with Crippen molar-refractivity contribution in [2.45, 2.75) is 31.2 Å². The average molecular weight is 499 g/mol. The van der Waals surface area contributed by atoms with E-state index in [-0.39, 0.29) is 22.4 Å². The van der Waals surface area contributed by atoms with E-state index in [9.17, 15) is 13.2 Å². The molecule has 3 aromatic heterocycles. The number of hydrogen-bond donors (Lipinski definition) is 2. The van der Waals surface area contributed by atoms with Gasteiger partial charge >= 0.3 is 0 Å². The van der Waals surface area contributed by atoms with Gasteiger partial charge in [0.25, 0.3) is 15.9 Å². The summed E-state index contributed by atoms with van der Waals surface area (Å²) in [5.74, 6) is -0.794. The summed E-state index contributed by atoms with van der Waals surface area (Å²) < 4.78 is 38.4. The molecule has 34 heavy (non-hydrogen) atoms. The van der Waals surface area contributed by atoms with Crippen LogP contribution < -0.4 is 15.2 Å². The van der Waals surface area contributed by atoms with Crippen molar-refractivity contribution in [3.8, 4) is 17.1 Å². The fraction of sp³-hybridized carbons (Fsp3) is 0.227. The number of ether oxygens (including phenoxy) is 1. The molecule has 0 saturated heterocycles. The van der Waals surface area contributed by atoms with Crippen molar-refractivity contribution in [1.82, 2.24) is 24.0 Å². The lowest BCUT2D eigenvalue weighted by molar-refractivity contribution is 0.0977. The summed E-state index contributed by atoms with van der Waals surface area (Å²) in [4.78, 5) is 25.6. The molecule has 0 atom stereocenters. The highest BCUT2D eigenvalue weighted by Crippen LogP contribution is 2.37. The van der Waals surface area contributed by atoms with Crippen LogP contribution in [0.1, 0.15) is 37.0 Å².